The van der Waals surface area contributed by atoms with E-state index in [4.69, 9.17) is 0 Å². The molecule has 5 nitrogen and oxygen atoms in total. The number of hydrogen-bond donors (Lipinski definition) is 0. The molecule has 1 heterocycles. The van der Waals surface area contributed by atoms with Crippen molar-refractivity contribution < 1.29 is 4.79 Å². The van der Waals surface area contributed by atoms with Gasteiger partial charge in [0.05, 0.1) is 0 Å². The summed E-state index contributed by atoms with van der Waals surface area (Å²) in [5, 5.41) is 12.2. The summed E-state index contributed by atoms with van der Waals surface area (Å²) >= 11 is 0. The second kappa shape index (κ2) is 7.53. The third-order valence-electron chi connectivity index (χ3n) is 9.04. The van der Waals surface area contributed by atoms with Crippen LogP contribution in [0.1, 0.15) is 77.0 Å². The summed E-state index contributed by atoms with van der Waals surface area (Å²) in [6.07, 6.45) is 13.6. The molecular formula is C23H36N4O. The highest BCUT2D eigenvalue weighted by atomic mass is 16.1. The molecule has 4 saturated carbocycles. The molecule has 4 aliphatic rings. The van der Waals surface area contributed by atoms with Crippen molar-refractivity contribution in [2.24, 2.45) is 47.3 Å². The van der Waals surface area contributed by atoms with Crippen molar-refractivity contribution in [3.05, 3.63) is 5.82 Å². The lowest BCUT2D eigenvalue weighted by molar-refractivity contribution is -0.132. The molecule has 8 atom stereocenters. The van der Waals surface area contributed by atoms with E-state index < -0.39 is 0 Å². The molecule has 28 heavy (non-hydrogen) atoms. The zero-order chi connectivity index (χ0) is 19.3. The van der Waals surface area contributed by atoms with Crippen LogP contribution in [0.2, 0.25) is 0 Å². The minimum atomic E-state index is 0.232. The van der Waals surface area contributed by atoms with Crippen molar-refractivity contribution in [3.8, 4) is 0 Å². The quantitative estimate of drug-likeness (QED) is 0.772. The Hall–Kier alpha value is -1.26. The maximum Gasteiger partial charge on any atom is 0.171 e. The molecule has 0 amide bonds. The molecule has 3 unspecified atom stereocenters. The fourth-order valence-electron chi connectivity index (χ4n) is 7.99. The van der Waals surface area contributed by atoms with Gasteiger partial charge in [0.1, 0.15) is 6.54 Å². The normalized spacial score (nSPS) is 42.9. The van der Waals surface area contributed by atoms with Crippen molar-refractivity contribution in [1.29, 1.82) is 0 Å². The van der Waals surface area contributed by atoms with E-state index in [1.807, 2.05) is 6.92 Å². The van der Waals surface area contributed by atoms with Gasteiger partial charge in [0.2, 0.25) is 0 Å². The highest BCUT2D eigenvalue weighted by Crippen LogP contribution is 2.58. The Balaban J connectivity index is 1.29. The number of aryl methyl sites for hydroxylation is 1. The summed E-state index contributed by atoms with van der Waals surface area (Å²) in [5.74, 6) is 7.45. The monoisotopic (exact) mass is 384 g/mol. The van der Waals surface area contributed by atoms with Gasteiger partial charge in [-0.25, -0.2) is 0 Å². The lowest BCUT2D eigenvalue weighted by Crippen LogP contribution is -2.49. The van der Waals surface area contributed by atoms with Crippen LogP contribution in [-0.4, -0.2) is 26.0 Å². The average Bonchev–Trinajstić information content (AvgIpc) is 3.11. The molecule has 0 saturated heterocycles. The Morgan fingerprint density at radius 2 is 1.64 bits per heavy atom. The maximum atomic E-state index is 13.1. The zero-order valence-electron chi connectivity index (χ0n) is 17.6. The minimum Gasteiger partial charge on any atom is -0.297 e. The molecule has 0 radical (unpaired) electrons. The third kappa shape index (κ3) is 3.33. The fraction of sp³-hybridized carbons (Fsp3) is 0.913. The van der Waals surface area contributed by atoms with Crippen LogP contribution in [0.15, 0.2) is 0 Å². The van der Waals surface area contributed by atoms with Gasteiger partial charge < -0.3 is 0 Å². The number of carbonyl (C=O) groups excluding carboxylic acids is 1. The zero-order valence-corrected chi connectivity index (χ0v) is 17.6. The third-order valence-corrected chi connectivity index (χ3v) is 9.04. The SMILES string of the molecule is Cc1nnn(CC(=O)[C@H]2CCCC3[C@@H]4CCC5C[C@@H](C)CC[C@@H]5C4CC[C@@H]32)n1. The minimum absolute atomic E-state index is 0.232. The molecule has 0 spiro atoms. The van der Waals surface area contributed by atoms with E-state index in [2.05, 4.69) is 22.3 Å². The van der Waals surface area contributed by atoms with Crippen molar-refractivity contribution in [2.75, 3.05) is 0 Å². The van der Waals surface area contributed by atoms with Crippen LogP contribution < -0.4 is 0 Å². The van der Waals surface area contributed by atoms with Crippen LogP contribution in [-0.2, 0) is 11.3 Å². The molecule has 5 rings (SSSR count). The number of tetrazole rings is 1. The van der Waals surface area contributed by atoms with E-state index in [-0.39, 0.29) is 5.92 Å². The second-order valence-electron chi connectivity index (χ2n) is 10.5. The van der Waals surface area contributed by atoms with Crippen LogP contribution in [0.3, 0.4) is 0 Å². The second-order valence-corrected chi connectivity index (χ2v) is 10.5. The van der Waals surface area contributed by atoms with Gasteiger partial charge in [-0.2, -0.15) is 4.80 Å². The van der Waals surface area contributed by atoms with E-state index in [1.165, 1.54) is 62.6 Å². The van der Waals surface area contributed by atoms with Crippen LogP contribution in [0.5, 0.6) is 0 Å². The van der Waals surface area contributed by atoms with Gasteiger partial charge in [0.25, 0.3) is 0 Å². The van der Waals surface area contributed by atoms with E-state index in [9.17, 15) is 4.79 Å². The number of hydrogen-bond acceptors (Lipinski definition) is 4. The molecule has 0 bridgehead atoms. The first kappa shape index (κ1) is 18.7. The molecule has 154 valence electrons. The number of Topliss-reactive ketones (excluding diaryl/α,β-unsaturated/α-hetero) is 1. The first-order chi connectivity index (χ1) is 13.6. The number of ketones is 1. The van der Waals surface area contributed by atoms with Crippen molar-refractivity contribution in [1.82, 2.24) is 20.2 Å². The number of nitrogens with zero attached hydrogens (tertiary/aromatic N) is 4. The van der Waals surface area contributed by atoms with Gasteiger partial charge in [0.15, 0.2) is 11.6 Å². The van der Waals surface area contributed by atoms with Gasteiger partial charge in [-0.1, -0.05) is 19.8 Å². The molecule has 0 N–H and O–H groups in total. The van der Waals surface area contributed by atoms with Crippen molar-refractivity contribution in [2.45, 2.75) is 84.6 Å². The first-order valence-corrected chi connectivity index (χ1v) is 11.9. The highest BCUT2D eigenvalue weighted by Gasteiger charge is 2.51. The lowest BCUT2D eigenvalue weighted by atomic mass is 9.49. The highest BCUT2D eigenvalue weighted by molar-refractivity contribution is 5.81. The van der Waals surface area contributed by atoms with Gasteiger partial charge in [-0.15, -0.1) is 10.2 Å². The number of carbonyl (C=O) groups is 1. The Kier molecular flexibility index (Phi) is 5.04. The predicted octanol–water partition coefficient (Wildman–Crippen LogP) is 4.46. The van der Waals surface area contributed by atoms with Gasteiger partial charge >= 0.3 is 0 Å². The standard InChI is InChI=1S/C23H36N4O/c1-14-6-8-17-16(12-14)7-9-20-18-4-3-5-22(21(18)11-10-19(17)20)23(28)13-27-25-15(2)24-26-27/h14,16-22H,3-13H2,1-2H3/t14-,16?,17-,18?,19?,20-,21-,22-/m0/s1. The summed E-state index contributed by atoms with van der Waals surface area (Å²) < 4.78 is 0. The van der Waals surface area contributed by atoms with E-state index in [1.54, 1.807) is 0 Å². The molecule has 4 aliphatic carbocycles. The molecule has 1 aromatic rings. The van der Waals surface area contributed by atoms with Crippen LogP contribution in [0.4, 0.5) is 0 Å². The lowest BCUT2D eigenvalue weighted by Gasteiger charge is -2.56. The average molecular weight is 385 g/mol. The van der Waals surface area contributed by atoms with E-state index in [0.717, 1.165) is 41.9 Å². The fourth-order valence-corrected chi connectivity index (χ4v) is 7.99. The summed E-state index contributed by atoms with van der Waals surface area (Å²) in [6.45, 7) is 4.60. The summed E-state index contributed by atoms with van der Waals surface area (Å²) in [7, 11) is 0. The van der Waals surface area contributed by atoms with Gasteiger partial charge in [-0.3, -0.25) is 4.79 Å². The summed E-state index contributed by atoms with van der Waals surface area (Å²) in [6, 6.07) is 0. The van der Waals surface area contributed by atoms with Gasteiger partial charge in [-0.05, 0) is 105 Å². The van der Waals surface area contributed by atoms with Crippen molar-refractivity contribution >= 4 is 5.78 Å². The molecule has 4 fully saturated rings. The molecule has 0 aromatic carbocycles. The molecule has 1 aromatic heterocycles. The molecule has 5 heteroatoms. The summed E-state index contributed by atoms with van der Waals surface area (Å²) in [4.78, 5) is 14.6. The van der Waals surface area contributed by atoms with Crippen LogP contribution in [0.25, 0.3) is 0 Å². The van der Waals surface area contributed by atoms with Crippen molar-refractivity contribution in [3.63, 3.8) is 0 Å². The molecular weight excluding hydrogens is 348 g/mol. The molecule has 0 aliphatic heterocycles. The Morgan fingerprint density at radius 1 is 0.929 bits per heavy atom. The Bertz CT molecular complexity index is 715. The predicted molar refractivity (Wildman–Crippen MR) is 107 cm³/mol. The first-order valence-electron chi connectivity index (χ1n) is 11.9. The number of aromatic nitrogens is 4. The van der Waals surface area contributed by atoms with Crippen LogP contribution in [0, 0.1) is 54.3 Å². The topological polar surface area (TPSA) is 60.7 Å². The summed E-state index contributed by atoms with van der Waals surface area (Å²) in [5.41, 5.74) is 0. The Morgan fingerprint density at radius 3 is 2.46 bits per heavy atom. The maximum absolute atomic E-state index is 13.1. The number of fused-ring (bicyclic) bond motifs is 5. The van der Waals surface area contributed by atoms with E-state index in [0.29, 0.717) is 24.1 Å². The van der Waals surface area contributed by atoms with Gasteiger partial charge in [0, 0.05) is 5.92 Å². The smallest absolute Gasteiger partial charge is 0.171 e. The number of rotatable bonds is 3. The largest absolute Gasteiger partial charge is 0.297 e. The van der Waals surface area contributed by atoms with Crippen LogP contribution >= 0.6 is 0 Å². The van der Waals surface area contributed by atoms with E-state index >= 15 is 0 Å². The Labute approximate surface area is 169 Å².